The molecule has 23 heavy (non-hydrogen) atoms. The fourth-order valence-corrected chi connectivity index (χ4v) is 2.55. The van der Waals surface area contributed by atoms with Gasteiger partial charge in [0.05, 0.1) is 6.20 Å². The second-order valence-electron chi connectivity index (χ2n) is 6.86. The highest BCUT2D eigenvalue weighted by molar-refractivity contribution is 5.91. The Morgan fingerprint density at radius 1 is 1.39 bits per heavy atom. The molecule has 1 aliphatic heterocycles. The molecule has 0 aliphatic carbocycles. The number of nitrogens with zero attached hydrogens (tertiary/aromatic N) is 4. The summed E-state index contributed by atoms with van der Waals surface area (Å²) < 4.78 is 5.38. The SMILES string of the molecule is CN(C[C@@H]1CCN(C(=O)OC(C)(C)C)C1)C(=O)c1cnccn1. The molecule has 1 fully saturated rings. The minimum Gasteiger partial charge on any atom is -0.444 e. The minimum atomic E-state index is -0.492. The number of likely N-dealkylation sites (tertiary alicyclic amines) is 1. The molecule has 0 spiro atoms. The Hall–Kier alpha value is -2.18. The van der Waals surface area contributed by atoms with Crippen LogP contribution in [0.3, 0.4) is 0 Å². The summed E-state index contributed by atoms with van der Waals surface area (Å²) in [5, 5.41) is 0. The molecule has 2 rings (SSSR count). The summed E-state index contributed by atoms with van der Waals surface area (Å²) in [4.78, 5) is 35.6. The van der Waals surface area contributed by atoms with Crippen LogP contribution in [0.1, 0.15) is 37.7 Å². The molecule has 1 saturated heterocycles. The van der Waals surface area contributed by atoms with Crippen molar-refractivity contribution in [3.63, 3.8) is 0 Å². The fourth-order valence-electron chi connectivity index (χ4n) is 2.55. The third-order valence-corrected chi connectivity index (χ3v) is 3.60. The molecule has 0 unspecified atom stereocenters. The Balaban J connectivity index is 1.85. The lowest BCUT2D eigenvalue weighted by Crippen LogP contribution is -2.37. The molecule has 0 aromatic carbocycles. The maximum Gasteiger partial charge on any atom is 0.410 e. The van der Waals surface area contributed by atoms with E-state index in [1.807, 2.05) is 20.8 Å². The molecule has 1 aromatic heterocycles. The lowest BCUT2D eigenvalue weighted by Gasteiger charge is -2.25. The highest BCUT2D eigenvalue weighted by atomic mass is 16.6. The van der Waals surface area contributed by atoms with Gasteiger partial charge in [-0.2, -0.15) is 0 Å². The van der Waals surface area contributed by atoms with Gasteiger partial charge in [0.2, 0.25) is 0 Å². The van der Waals surface area contributed by atoms with Gasteiger partial charge in [-0.15, -0.1) is 0 Å². The lowest BCUT2D eigenvalue weighted by atomic mass is 10.1. The zero-order valence-corrected chi connectivity index (χ0v) is 14.2. The first kappa shape index (κ1) is 17.2. The van der Waals surface area contributed by atoms with E-state index in [4.69, 9.17) is 4.74 Å². The summed E-state index contributed by atoms with van der Waals surface area (Å²) >= 11 is 0. The van der Waals surface area contributed by atoms with E-state index in [-0.39, 0.29) is 17.9 Å². The molecule has 7 heteroatoms. The average Bonchev–Trinajstić information content (AvgIpc) is 2.94. The van der Waals surface area contributed by atoms with E-state index in [0.29, 0.717) is 25.3 Å². The maximum atomic E-state index is 12.3. The highest BCUT2D eigenvalue weighted by Gasteiger charge is 2.31. The largest absolute Gasteiger partial charge is 0.444 e. The monoisotopic (exact) mass is 320 g/mol. The molecule has 1 atom stereocenters. The Morgan fingerprint density at radius 2 is 2.13 bits per heavy atom. The fraction of sp³-hybridized carbons (Fsp3) is 0.625. The number of aromatic nitrogens is 2. The number of ether oxygens (including phenoxy) is 1. The van der Waals surface area contributed by atoms with Crippen molar-refractivity contribution in [1.29, 1.82) is 0 Å². The van der Waals surface area contributed by atoms with Crippen molar-refractivity contribution in [3.8, 4) is 0 Å². The van der Waals surface area contributed by atoms with E-state index in [2.05, 4.69) is 9.97 Å². The van der Waals surface area contributed by atoms with Crippen LogP contribution in [0.2, 0.25) is 0 Å². The summed E-state index contributed by atoms with van der Waals surface area (Å²) in [5.74, 6) is 0.0851. The van der Waals surface area contributed by atoms with Crippen LogP contribution in [-0.2, 0) is 4.74 Å². The van der Waals surface area contributed by atoms with Crippen LogP contribution in [0.25, 0.3) is 0 Å². The Bertz CT molecular complexity index is 556. The first-order valence-corrected chi connectivity index (χ1v) is 7.75. The van der Waals surface area contributed by atoms with Gasteiger partial charge in [-0.1, -0.05) is 0 Å². The normalized spacial score (nSPS) is 17.9. The third-order valence-electron chi connectivity index (χ3n) is 3.60. The van der Waals surface area contributed by atoms with Gasteiger partial charge in [0.25, 0.3) is 5.91 Å². The molecule has 2 heterocycles. The molecule has 2 amide bonds. The Labute approximate surface area is 136 Å². The van der Waals surface area contributed by atoms with E-state index < -0.39 is 5.60 Å². The van der Waals surface area contributed by atoms with Crippen molar-refractivity contribution >= 4 is 12.0 Å². The first-order valence-electron chi connectivity index (χ1n) is 7.75. The first-order chi connectivity index (χ1) is 10.8. The van der Waals surface area contributed by atoms with Crippen molar-refractivity contribution in [2.24, 2.45) is 5.92 Å². The molecule has 1 aromatic rings. The van der Waals surface area contributed by atoms with Gasteiger partial charge in [0.15, 0.2) is 0 Å². The Morgan fingerprint density at radius 3 is 2.74 bits per heavy atom. The van der Waals surface area contributed by atoms with E-state index in [1.54, 1.807) is 16.8 Å². The lowest BCUT2D eigenvalue weighted by molar-refractivity contribution is 0.0286. The summed E-state index contributed by atoms with van der Waals surface area (Å²) in [5.41, 5.74) is -0.162. The predicted molar refractivity (Wildman–Crippen MR) is 84.9 cm³/mol. The summed E-state index contributed by atoms with van der Waals surface area (Å²) in [7, 11) is 1.74. The molecular formula is C16H24N4O3. The molecule has 0 N–H and O–H groups in total. The second kappa shape index (κ2) is 6.93. The topological polar surface area (TPSA) is 75.6 Å². The van der Waals surface area contributed by atoms with E-state index in [0.717, 1.165) is 6.42 Å². The molecule has 0 saturated carbocycles. The zero-order valence-electron chi connectivity index (χ0n) is 14.2. The van der Waals surface area contributed by atoms with Crippen LogP contribution >= 0.6 is 0 Å². The highest BCUT2D eigenvalue weighted by Crippen LogP contribution is 2.20. The number of rotatable bonds is 3. The van der Waals surface area contributed by atoms with Crippen molar-refractivity contribution in [3.05, 3.63) is 24.3 Å². The van der Waals surface area contributed by atoms with E-state index in [1.165, 1.54) is 18.6 Å². The second-order valence-corrected chi connectivity index (χ2v) is 6.86. The molecule has 0 radical (unpaired) electrons. The predicted octanol–water partition coefficient (Wildman–Crippen LogP) is 1.81. The maximum absolute atomic E-state index is 12.3. The van der Waals surface area contributed by atoms with E-state index >= 15 is 0 Å². The Kier molecular flexibility index (Phi) is 5.18. The van der Waals surface area contributed by atoms with Gasteiger partial charge in [-0.25, -0.2) is 9.78 Å². The summed E-state index contributed by atoms with van der Waals surface area (Å²) in [6.07, 6.45) is 5.06. The summed E-state index contributed by atoms with van der Waals surface area (Å²) in [6.45, 7) is 7.40. The average molecular weight is 320 g/mol. The molecule has 126 valence electrons. The van der Waals surface area contributed by atoms with Crippen LogP contribution in [0.5, 0.6) is 0 Å². The standard InChI is InChI=1S/C16H24N4O3/c1-16(2,3)23-15(22)20-8-5-12(11-20)10-19(4)14(21)13-9-17-6-7-18-13/h6-7,9,12H,5,8,10-11H2,1-4H3/t12-/m0/s1. The van der Waals surface area contributed by atoms with Crippen molar-refractivity contribution in [2.75, 3.05) is 26.7 Å². The van der Waals surface area contributed by atoms with Crippen molar-refractivity contribution < 1.29 is 14.3 Å². The van der Waals surface area contributed by atoms with Gasteiger partial charge < -0.3 is 14.5 Å². The number of hydrogen-bond donors (Lipinski definition) is 0. The van der Waals surface area contributed by atoms with Crippen LogP contribution in [0.15, 0.2) is 18.6 Å². The van der Waals surface area contributed by atoms with Gasteiger partial charge in [0.1, 0.15) is 11.3 Å². The van der Waals surface area contributed by atoms with Crippen molar-refractivity contribution in [2.45, 2.75) is 32.8 Å². The smallest absolute Gasteiger partial charge is 0.410 e. The number of amides is 2. The van der Waals surface area contributed by atoms with Crippen LogP contribution < -0.4 is 0 Å². The molecule has 7 nitrogen and oxygen atoms in total. The number of carbonyl (C=O) groups is 2. The minimum absolute atomic E-state index is 0.159. The van der Waals surface area contributed by atoms with Gasteiger partial charge >= 0.3 is 6.09 Å². The molecular weight excluding hydrogens is 296 g/mol. The van der Waals surface area contributed by atoms with E-state index in [9.17, 15) is 9.59 Å². The van der Waals surface area contributed by atoms with Crippen molar-refractivity contribution in [1.82, 2.24) is 19.8 Å². The third kappa shape index (κ3) is 4.91. The quantitative estimate of drug-likeness (QED) is 0.849. The van der Waals surface area contributed by atoms with Gasteiger partial charge in [-0.3, -0.25) is 9.78 Å². The van der Waals surface area contributed by atoms with Gasteiger partial charge in [-0.05, 0) is 33.1 Å². The van der Waals surface area contributed by atoms with Gasteiger partial charge in [0, 0.05) is 39.1 Å². The number of carbonyl (C=O) groups excluding carboxylic acids is 2. The zero-order chi connectivity index (χ0) is 17.0. The number of hydrogen-bond acceptors (Lipinski definition) is 5. The van der Waals surface area contributed by atoms with Crippen LogP contribution in [-0.4, -0.2) is 64.1 Å². The molecule has 0 bridgehead atoms. The van der Waals surface area contributed by atoms with Crippen LogP contribution in [0.4, 0.5) is 4.79 Å². The van der Waals surface area contributed by atoms with Crippen LogP contribution in [0, 0.1) is 5.92 Å². The molecule has 1 aliphatic rings. The summed E-state index contributed by atoms with van der Waals surface area (Å²) in [6, 6.07) is 0.